The number of hydrogen-bond donors (Lipinski definition) is 0. The summed E-state index contributed by atoms with van der Waals surface area (Å²) in [4.78, 5) is 22.1. The number of methoxy groups -OCH3 is 2. The van der Waals surface area contributed by atoms with Crippen LogP contribution in [0.5, 0.6) is 5.75 Å². The number of carbonyl (C=O) groups is 1. The van der Waals surface area contributed by atoms with Crippen molar-refractivity contribution in [3.8, 4) is 22.9 Å². The Hall–Kier alpha value is -4.38. The molecule has 8 nitrogen and oxygen atoms in total. The highest BCUT2D eigenvalue weighted by Gasteiger charge is 2.17. The smallest absolute Gasteiger partial charge is 0.254 e. The van der Waals surface area contributed by atoms with E-state index in [-0.39, 0.29) is 11.5 Å². The Morgan fingerprint density at radius 2 is 2.03 bits per heavy atom. The Kier molecular flexibility index (Phi) is 6.71. The van der Waals surface area contributed by atoms with E-state index in [9.17, 15) is 10.1 Å². The van der Waals surface area contributed by atoms with Gasteiger partial charge in [-0.3, -0.25) is 9.78 Å². The van der Waals surface area contributed by atoms with Crippen LogP contribution in [0, 0.1) is 11.3 Å². The summed E-state index contributed by atoms with van der Waals surface area (Å²) in [7, 11) is 6.32. The molecular weight excluding hydrogens is 408 g/mol. The molecule has 0 spiro atoms. The number of nitrogens with zero attached hydrogens (tertiary/aromatic N) is 4. The van der Waals surface area contributed by atoms with Crippen LogP contribution in [-0.2, 0) is 9.53 Å². The van der Waals surface area contributed by atoms with Gasteiger partial charge < -0.3 is 18.8 Å². The number of amides is 1. The molecule has 162 valence electrons. The summed E-state index contributed by atoms with van der Waals surface area (Å²) in [5.74, 6) is 0.723. The van der Waals surface area contributed by atoms with Crippen molar-refractivity contribution in [2.24, 2.45) is 4.99 Å². The summed E-state index contributed by atoms with van der Waals surface area (Å²) in [6.45, 7) is 3.74. The van der Waals surface area contributed by atoms with Crippen molar-refractivity contribution < 1.29 is 18.7 Å². The summed E-state index contributed by atoms with van der Waals surface area (Å²) < 4.78 is 16.7. The van der Waals surface area contributed by atoms with Crippen LogP contribution in [0.4, 0.5) is 0 Å². The lowest BCUT2D eigenvalue weighted by Gasteiger charge is -2.09. The zero-order valence-corrected chi connectivity index (χ0v) is 18.2. The van der Waals surface area contributed by atoms with Crippen molar-refractivity contribution in [2.75, 3.05) is 28.3 Å². The van der Waals surface area contributed by atoms with E-state index >= 15 is 0 Å². The molecule has 0 radical (unpaired) electrons. The fourth-order valence-electron chi connectivity index (χ4n) is 3.02. The lowest BCUT2D eigenvalue weighted by molar-refractivity contribution is -0.124. The van der Waals surface area contributed by atoms with Crippen LogP contribution in [0.25, 0.3) is 27.9 Å². The van der Waals surface area contributed by atoms with Crippen LogP contribution in [0.2, 0.25) is 0 Å². The average molecular weight is 430 g/mol. The van der Waals surface area contributed by atoms with E-state index < -0.39 is 0 Å². The molecule has 3 aromatic rings. The highest BCUT2D eigenvalue weighted by Crippen LogP contribution is 2.37. The minimum Gasteiger partial charge on any atom is -0.502 e. The summed E-state index contributed by atoms with van der Waals surface area (Å²) in [5.41, 5.74) is 3.55. The second-order valence-electron chi connectivity index (χ2n) is 6.93. The predicted octanol–water partition coefficient (Wildman–Crippen LogP) is 4.04. The number of rotatable bonds is 7. The molecule has 0 atom stereocenters. The lowest BCUT2D eigenvalue weighted by atomic mass is 10.0. The number of pyridine rings is 1. The summed E-state index contributed by atoms with van der Waals surface area (Å²) >= 11 is 0. The summed E-state index contributed by atoms with van der Waals surface area (Å²) in [5, 5.41) is 9.30. The van der Waals surface area contributed by atoms with Crippen LogP contribution in [0.3, 0.4) is 0 Å². The number of ether oxygens (including phenoxy) is 2. The third-order valence-corrected chi connectivity index (χ3v) is 4.55. The molecule has 0 bridgehead atoms. The van der Waals surface area contributed by atoms with Crippen LogP contribution in [0.1, 0.15) is 11.3 Å². The van der Waals surface area contributed by atoms with Gasteiger partial charge in [-0.2, -0.15) is 5.26 Å². The second-order valence-corrected chi connectivity index (χ2v) is 6.93. The lowest BCUT2D eigenvalue weighted by Crippen LogP contribution is -2.23. The number of furan rings is 1. The van der Waals surface area contributed by atoms with Gasteiger partial charge in [0.15, 0.2) is 11.3 Å². The molecule has 2 aromatic heterocycles. The van der Waals surface area contributed by atoms with Gasteiger partial charge in [0, 0.05) is 43.7 Å². The Morgan fingerprint density at radius 1 is 1.25 bits per heavy atom. The standard InChI is InChI=1S/C24H22N4O4/c1-15(24(29)28(2)3)13-27-20(14-30-4)22-11-19-23(32-22)17(8-9-26-19)18-10-16(12-25)6-7-21(18)31-5/h6-11,13-14H,1H2,2-5H3/b20-14+,27-13-. The Balaban J connectivity index is 2.09. The van der Waals surface area contributed by atoms with Gasteiger partial charge in [0.25, 0.3) is 5.91 Å². The van der Waals surface area contributed by atoms with Crippen molar-refractivity contribution in [3.63, 3.8) is 0 Å². The number of aliphatic imine (C=N–C) groups is 1. The molecule has 0 N–H and O–H groups in total. The highest BCUT2D eigenvalue weighted by molar-refractivity contribution is 6.12. The van der Waals surface area contributed by atoms with E-state index in [1.54, 1.807) is 57.7 Å². The third kappa shape index (κ3) is 4.52. The van der Waals surface area contributed by atoms with Crippen molar-refractivity contribution >= 4 is 28.9 Å². The van der Waals surface area contributed by atoms with Crippen molar-refractivity contribution in [3.05, 3.63) is 66.3 Å². The summed E-state index contributed by atoms with van der Waals surface area (Å²) in [6, 6.07) is 10.8. The first-order valence-electron chi connectivity index (χ1n) is 9.54. The second kappa shape index (κ2) is 9.62. The molecule has 0 unspecified atom stereocenters. The van der Waals surface area contributed by atoms with Gasteiger partial charge >= 0.3 is 0 Å². The Morgan fingerprint density at radius 3 is 2.69 bits per heavy atom. The zero-order chi connectivity index (χ0) is 23.3. The number of fused-ring (bicyclic) bond motifs is 1. The maximum atomic E-state index is 12.0. The quantitative estimate of drug-likeness (QED) is 0.319. The molecular formula is C24H22N4O4. The van der Waals surface area contributed by atoms with Crippen molar-refractivity contribution in [1.82, 2.24) is 9.88 Å². The topological polar surface area (TPSA) is 101 Å². The SMILES string of the molecule is C=C(/C=N\C(=C\OC)c1cc2nccc(-c3cc(C#N)ccc3OC)c2o1)C(=O)N(C)C. The van der Waals surface area contributed by atoms with E-state index in [1.165, 1.54) is 24.5 Å². The van der Waals surface area contributed by atoms with Crippen molar-refractivity contribution in [1.29, 1.82) is 5.26 Å². The van der Waals surface area contributed by atoms with E-state index in [4.69, 9.17) is 13.9 Å². The Labute approximate surface area is 185 Å². The van der Waals surface area contributed by atoms with Gasteiger partial charge in [0.2, 0.25) is 0 Å². The average Bonchev–Trinajstić information content (AvgIpc) is 3.24. The van der Waals surface area contributed by atoms with E-state index in [2.05, 4.69) is 22.6 Å². The monoisotopic (exact) mass is 430 g/mol. The largest absolute Gasteiger partial charge is 0.502 e. The van der Waals surface area contributed by atoms with Gasteiger partial charge in [-0.05, 0) is 24.3 Å². The third-order valence-electron chi connectivity index (χ3n) is 4.55. The van der Waals surface area contributed by atoms with Gasteiger partial charge in [-0.25, -0.2) is 4.99 Å². The fourth-order valence-corrected chi connectivity index (χ4v) is 3.02. The number of benzene rings is 1. The number of hydrogen-bond acceptors (Lipinski definition) is 7. The van der Waals surface area contributed by atoms with E-state index in [1.807, 2.05) is 0 Å². The number of carbonyl (C=O) groups excluding carboxylic acids is 1. The summed E-state index contributed by atoms with van der Waals surface area (Å²) in [6.07, 6.45) is 4.41. The first-order valence-corrected chi connectivity index (χ1v) is 9.54. The molecule has 8 heteroatoms. The fraction of sp³-hybridized carbons (Fsp3) is 0.167. The van der Waals surface area contributed by atoms with Gasteiger partial charge in [0.05, 0.1) is 31.4 Å². The van der Waals surface area contributed by atoms with Gasteiger partial charge in [-0.1, -0.05) is 6.58 Å². The molecule has 0 aliphatic rings. The molecule has 0 saturated heterocycles. The maximum absolute atomic E-state index is 12.0. The molecule has 2 heterocycles. The molecule has 0 saturated carbocycles. The number of nitriles is 1. The minimum atomic E-state index is -0.261. The van der Waals surface area contributed by atoms with E-state index in [0.29, 0.717) is 45.0 Å². The molecule has 0 fully saturated rings. The number of likely N-dealkylation sites (N-methyl/N-ethyl adjacent to an activating group) is 1. The molecule has 32 heavy (non-hydrogen) atoms. The molecule has 0 aliphatic carbocycles. The number of aromatic nitrogens is 1. The molecule has 3 rings (SSSR count). The van der Waals surface area contributed by atoms with Crippen LogP contribution in [-0.4, -0.2) is 50.3 Å². The highest BCUT2D eigenvalue weighted by atomic mass is 16.5. The van der Waals surface area contributed by atoms with Crippen LogP contribution in [0.15, 0.2) is 64.4 Å². The minimum absolute atomic E-state index is 0.213. The normalized spacial score (nSPS) is 11.4. The molecule has 1 aromatic carbocycles. The van der Waals surface area contributed by atoms with Crippen molar-refractivity contribution in [2.45, 2.75) is 0 Å². The van der Waals surface area contributed by atoms with Gasteiger partial charge in [0.1, 0.15) is 23.2 Å². The first kappa shape index (κ1) is 22.3. The molecule has 1 amide bonds. The Bertz CT molecular complexity index is 1280. The molecule has 0 aliphatic heterocycles. The van der Waals surface area contributed by atoms with Crippen LogP contribution >= 0.6 is 0 Å². The zero-order valence-electron chi connectivity index (χ0n) is 18.2. The predicted molar refractivity (Wildman–Crippen MR) is 122 cm³/mol. The van der Waals surface area contributed by atoms with Gasteiger partial charge in [-0.15, -0.1) is 0 Å². The maximum Gasteiger partial charge on any atom is 0.254 e. The van der Waals surface area contributed by atoms with E-state index in [0.717, 1.165) is 0 Å². The van der Waals surface area contributed by atoms with Crippen LogP contribution < -0.4 is 4.74 Å². The first-order chi connectivity index (χ1) is 15.4.